The third kappa shape index (κ3) is 12.0. The topological polar surface area (TPSA) is 209 Å². The molecule has 17 nitrogen and oxygen atoms in total. The van der Waals surface area contributed by atoms with Crippen LogP contribution in [-0.4, -0.2) is 103 Å². The summed E-state index contributed by atoms with van der Waals surface area (Å²) in [5.74, 6) is -2.17. The van der Waals surface area contributed by atoms with Crippen molar-refractivity contribution in [3.8, 4) is 0 Å². The molecule has 0 aliphatic carbocycles. The monoisotopic (exact) mass is 829 g/mol. The second-order valence-corrected chi connectivity index (χ2v) is 15.2. The van der Waals surface area contributed by atoms with Crippen LogP contribution >= 0.6 is 24.0 Å². The first-order valence-electron chi connectivity index (χ1n) is 18.2. The molecule has 2 aliphatic heterocycles. The minimum Gasteiger partial charge on any atom is -0.463 e. The number of rotatable bonds is 15. The van der Waals surface area contributed by atoms with Crippen molar-refractivity contribution in [1.82, 2.24) is 25.5 Å². The normalized spacial score (nSPS) is 25.8. The highest BCUT2D eigenvalue weighted by Gasteiger charge is 2.52. The summed E-state index contributed by atoms with van der Waals surface area (Å²) in [4.78, 5) is 48.5. The van der Waals surface area contributed by atoms with Crippen LogP contribution in [0.1, 0.15) is 75.7 Å². The quantitative estimate of drug-likeness (QED) is 0.0975. The first-order chi connectivity index (χ1) is 27.2. The fourth-order valence-corrected chi connectivity index (χ4v) is 7.79. The summed E-state index contributed by atoms with van der Waals surface area (Å²) in [7, 11) is 1.78. The van der Waals surface area contributed by atoms with E-state index in [1.807, 2.05) is 48.5 Å². The zero-order chi connectivity index (χ0) is 41.2. The van der Waals surface area contributed by atoms with E-state index in [2.05, 4.69) is 27.8 Å². The van der Waals surface area contributed by atoms with Crippen LogP contribution in [0.4, 0.5) is 0 Å². The van der Waals surface area contributed by atoms with E-state index in [0.717, 1.165) is 29.2 Å². The van der Waals surface area contributed by atoms with Gasteiger partial charge < -0.3 is 43.6 Å². The molecule has 2 saturated heterocycles. The number of carbonyl (C=O) groups is 4. The Kier molecular flexibility index (Phi) is 15.5. The molecule has 9 atom stereocenters. The van der Waals surface area contributed by atoms with Gasteiger partial charge in [-0.15, -0.1) is 5.10 Å². The smallest absolute Gasteiger partial charge is 0.303 e. The van der Waals surface area contributed by atoms with Crippen LogP contribution < -0.4 is 5.32 Å². The number of tetrazole rings is 1. The number of thioether (sulfide) groups is 1. The maximum absolute atomic E-state index is 12.2. The summed E-state index contributed by atoms with van der Waals surface area (Å²) < 4.78 is 42.6. The molecule has 57 heavy (non-hydrogen) atoms. The number of hydrogen-bond donors (Lipinski definition) is 2. The molecule has 0 bridgehead atoms. The van der Waals surface area contributed by atoms with E-state index in [-0.39, 0.29) is 37.8 Å². The molecule has 0 saturated carbocycles. The van der Waals surface area contributed by atoms with Crippen LogP contribution in [0.15, 0.2) is 53.7 Å². The molecule has 308 valence electrons. The van der Waals surface area contributed by atoms with E-state index in [1.165, 1.54) is 32.5 Å². The van der Waals surface area contributed by atoms with Crippen molar-refractivity contribution in [1.29, 1.82) is 0 Å². The molecule has 3 aromatic rings. The van der Waals surface area contributed by atoms with Crippen LogP contribution in [0.5, 0.6) is 0 Å². The van der Waals surface area contributed by atoms with Gasteiger partial charge in [-0.05, 0) is 27.1 Å². The van der Waals surface area contributed by atoms with Gasteiger partial charge in [-0.2, -0.15) is 0 Å². The lowest BCUT2D eigenvalue weighted by molar-refractivity contribution is -0.268. The minimum absolute atomic E-state index is 0.0128. The molecular weight excluding hydrogens is 783 g/mol. The third-order valence-electron chi connectivity index (χ3n) is 9.30. The highest BCUT2D eigenvalue weighted by molar-refractivity contribution is 7.99. The van der Waals surface area contributed by atoms with Crippen molar-refractivity contribution >= 4 is 52.8 Å². The Morgan fingerprint density at radius 3 is 1.98 bits per heavy atom. The van der Waals surface area contributed by atoms with Gasteiger partial charge in [-0.25, -0.2) is 4.68 Å². The maximum Gasteiger partial charge on any atom is 0.303 e. The molecular formula is C38H47N5O12S2. The molecule has 2 aromatic carbocycles. The Morgan fingerprint density at radius 1 is 0.807 bits per heavy atom. The lowest BCUT2D eigenvalue weighted by atomic mass is 9.91. The summed E-state index contributed by atoms with van der Waals surface area (Å²) in [5.41, 5.74) is 3.45. The van der Waals surface area contributed by atoms with Crippen molar-refractivity contribution in [2.24, 2.45) is 13.0 Å². The molecule has 0 radical (unpaired) electrons. The number of aryl methyl sites for hydroxylation is 1. The maximum atomic E-state index is 12.2. The second-order valence-electron chi connectivity index (χ2n) is 13.7. The van der Waals surface area contributed by atoms with E-state index in [0.29, 0.717) is 22.4 Å². The third-order valence-corrected chi connectivity index (χ3v) is 10.7. The number of esters is 4. The van der Waals surface area contributed by atoms with Gasteiger partial charge in [-0.1, -0.05) is 79.4 Å². The first kappa shape index (κ1) is 43.6. The molecule has 9 unspecified atom stereocenters. The van der Waals surface area contributed by atoms with Crippen LogP contribution in [0, 0.1) is 5.92 Å². The predicted octanol–water partition coefficient (Wildman–Crippen LogP) is 3.22. The number of aliphatic hydroxyl groups is 1. The molecule has 3 heterocycles. The van der Waals surface area contributed by atoms with Gasteiger partial charge >= 0.3 is 23.9 Å². The van der Waals surface area contributed by atoms with E-state index in [9.17, 15) is 24.3 Å². The van der Waals surface area contributed by atoms with Crippen LogP contribution in [-0.2, 0) is 72.5 Å². The number of hydrogen-bond acceptors (Lipinski definition) is 17. The minimum atomic E-state index is -1.28. The number of ether oxygens (including phenoxy) is 7. The summed E-state index contributed by atoms with van der Waals surface area (Å²) in [6, 6.07) is 15.4. The summed E-state index contributed by atoms with van der Waals surface area (Å²) in [6.07, 6.45) is -6.97. The Labute approximate surface area is 339 Å². The fourth-order valence-electron chi connectivity index (χ4n) is 6.54. The van der Waals surface area contributed by atoms with Crippen LogP contribution in [0.3, 0.4) is 0 Å². The van der Waals surface area contributed by atoms with Gasteiger partial charge in [0.05, 0.1) is 23.8 Å². The number of nitrogens with zero attached hydrogens (tertiary/aromatic N) is 4. The Hall–Kier alpha value is -4.53. The second kappa shape index (κ2) is 20.2. The zero-order valence-corrected chi connectivity index (χ0v) is 34.0. The molecule has 0 spiro atoms. The zero-order valence-electron chi connectivity index (χ0n) is 32.4. The van der Waals surface area contributed by atoms with Gasteiger partial charge in [0.1, 0.15) is 18.8 Å². The SMILES string of the molecule is CC(=O)OCC1OC(CC(=S)NCc2ccc(C3OC(CSc4nnnn4C)C(C)C(c4ccc(CO)cc4)O3)cc2)C(OC(C)=O)C(OC(C)=O)C1OC(C)=O. The van der Waals surface area contributed by atoms with Gasteiger partial charge in [0.25, 0.3) is 0 Å². The van der Waals surface area contributed by atoms with Gasteiger partial charge in [-0.3, -0.25) is 19.2 Å². The van der Waals surface area contributed by atoms with E-state index < -0.39 is 60.7 Å². The van der Waals surface area contributed by atoms with Crippen LogP contribution in [0.25, 0.3) is 0 Å². The highest BCUT2D eigenvalue weighted by Crippen LogP contribution is 2.43. The Morgan fingerprint density at radius 2 is 1.40 bits per heavy atom. The molecule has 2 N–H and O–H groups in total. The number of aliphatic hydroxyl groups excluding tert-OH is 1. The van der Waals surface area contributed by atoms with E-state index in [4.69, 9.17) is 45.4 Å². The standard InChI is InChI=1S/C38H47N5O12S2/c1-20-31(19-57-38-40-41-42-43(38)6)54-37(55-33(20)27-11-9-26(17-44)10-12-27)28-13-7-25(8-14-28)16-39-32(56)15-29-34(50-22(3)46)36(52-24(5)48)35(51-23(4)47)30(53-29)18-49-21(2)45/h7-14,20,29-31,33-37,44H,15-19H2,1-6H3,(H,39,56). The Balaban J connectivity index is 1.28. The van der Waals surface area contributed by atoms with Crippen LogP contribution in [0.2, 0.25) is 0 Å². The number of benzene rings is 2. The largest absolute Gasteiger partial charge is 0.463 e. The lowest BCUT2D eigenvalue weighted by Gasteiger charge is -2.44. The first-order valence-corrected chi connectivity index (χ1v) is 19.6. The van der Waals surface area contributed by atoms with Gasteiger partial charge in [0, 0.05) is 64.9 Å². The number of carbonyl (C=O) groups excluding carboxylic acids is 4. The molecule has 2 fully saturated rings. The predicted molar refractivity (Wildman–Crippen MR) is 205 cm³/mol. The van der Waals surface area contributed by atoms with Crippen molar-refractivity contribution in [2.45, 2.75) is 108 Å². The molecule has 1 aromatic heterocycles. The number of nitrogens with one attached hydrogen (secondary N) is 1. The van der Waals surface area contributed by atoms with Crippen molar-refractivity contribution in [3.63, 3.8) is 0 Å². The Bertz CT molecular complexity index is 1860. The summed E-state index contributed by atoms with van der Waals surface area (Å²) in [6.45, 7) is 6.74. The average Bonchev–Trinajstić information content (AvgIpc) is 3.59. The molecule has 2 aliphatic rings. The van der Waals surface area contributed by atoms with Crippen molar-refractivity contribution < 1.29 is 57.4 Å². The lowest BCUT2D eigenvalue weighted by Crippen LogP contribution is -2.62. The number of thiocarbonyl (C=S) groups is 1. The van der Waals surface area contributed by atoms with Crippen molar-refractivity contribution in [3.05, 3.63) is 70.8 Å². The summed E-state index contributed by atoms with van der Waals surface area (Å²) >= 11 is 7.18. The molecule has 0 amide bonds. The summed E-state index contributed by atoms with van der Waals surface area (Å²) in [5, 5.41) is 25.2. The van der Waals surface area contributed by atoms with E-state index >= 15 is 0 Å². The van der Waals surface area contributed by atoms with Crippen molar-refractivity contribution in [2.75, 3.05) is 12.4 Å². The molecule has 19 heteroatoms. The van der Waals surface area contributed by atoms with Gasteiger partial charge in [0.2, 0.25) is 5.16 Å². The average molecular weight is 830 g/mol. The molecule has 5 rings (SSSR count). The fraction of sp³-hybridized carbons (Fsp3) is 0.526. The highest BCUT2D eigenvalue weighted by atomic mass is 32.2. The number of aromatic nitrogens is 4. The van der Waals surface area contributed by atoms with E-state index in [1.54, 1.807) is 11.7 Å². The van der Waals surface area contributed by atoms with Gasteiger partial charge in [0.15, 0.2) is 24.6 Å².